The second-order valence-corrected chi connectivity index (χ2v) is 5.04. The minimum Gasteiger partial charge on any atom is -0.497 e. The van der Waals surface area contributed by atoms with Gasteiger partial charge in [-0.2, -0.15) is 0 Å². The second-order valence-electron chi connectivity index (χ2n) is 4.60. The summed E-state index contributed by atoms with van der Waals surface area (Å²) in [6, 6.07) is 11.0. The van der Waals surface area contributed by atoms with Gasteiger partial charge in [0.1, 0.15) is 11.6 Å². The van der Waals surface area contributed by atoms with Gasteiger partial charge < -0.3 is 10.1 Å². The zero-order valence-corrected chi connectivity index (χ0v) is 11.2. The minimum absolute atomic E-state index is 0.0538. The Morgan fingerprint density at radius 2 is 2.16 bits per heavy atom. The molecular formula is C15H13ClFNO. The zero-order chi connectivity index (χ0) is 13.4. The molecule has 0 aliphatic carbocycles. The Kier molecular flexibility index (Phi) is 3.07. The molecule has 2 aromatic rings. The van der Waals surface area contributed by atoms with E-state index in [-0.39, 0.29) is 11.9 Å². The molecule has 0 saturated heterocycles. The van der Waals surface area contributed by atoms with Gasteiger partial charge in [0.15, 0.2) is 0 Å². The van der Waals surface area contributed by atoms with Crippen molar-refractivity contribution in [1.82, 2.24) is 0 Å². The van der Waals surface area contributed by atoms with Gasteiger partial charge in [0.25, 0.3) is 0 Å². The molecule has 4 heteroatoms. The molecule has 98 valence electrons. The van der Waals surface area contributed by atoms with Gasteiger partial charge in [0.2, 0.25) is 0 Å². The molecule has 1 aliphatic heterocycles. The topological polar surface area (TPSA) is 21.3 Å². The summed E-state index contributed by atoms with van der Waals surface area (Å²) >= 11 is 5.88. The van der Waals surface area contributed by atoms with Crippen molar-refractivity contribution in [2.75, 3.05) is 12.4 Å². The lowest BCUT2D eigenvalue weighted by atomic mass is 10.0. The Bertz CT molecular complexity index is 630. The Balaban J connectivity index is 1.93. The fourth-order valence-corrected chi connectivity index (χ4v) is 2.68. The molecular weight excluding hydrogens is 265 g/mol. The Morgan fingerprint density at radius 1 is 1.32 bits per heavy atom. The maximum Gasteiger partial charge on any atom is 0.148 e. The molecule has 0 spiro atoms. The van der Waals surface area contributed by atoms with Gasteiger partial charge in [-0.15, -0.1) is 0 Å². The van der Waals surface area contributed by atoms with E-state index in [1.807, 2.05) is 30.3 Å². The molecule has 1 heterocycles. The smallest absolute Gasteiger partial charge is 0.148 e. The van der Waals surface area contributed by atoms with Crippen LogP contribution in [0.3, 0.4) is 0 Å². The highest BCUT2D eigenvalue weighted by molar-refractivity contribution is 6.30. The van der Waals surface area contributed by atoms with Gasteiger partial charge in [-0.1, -0.05) is 23.7 Å². The predicted molar refractivity (Wildman–Crippen MR) is 74.5 cm³/mol. The Morgan fingerprint density at radius 3 is 2.95 bits per heavy atom. The van der Waals surface area contributed by atoms with Crippen molar-refractivity contribution >= 4 is 17.3 Å². The molecule has 0 aromatic heterocycles. The molecule has 0 radical (unpaired) electrons. The van der Waals surface area contributed by atoms with Crippen LogP contribution in [0.1, 0.15) is 17.2 Å². The summed E-state index contributed by atoms with van der Waals surface area (Å²) in [6.45, 7) is 0. The van der Waals surface area contributed by atoms with E-state index in [0.717, 1.165) is 23.3 Å². The summed E-state index contributed by atoms with van der Waals surface area (Å²) in [7, 11) is 1.63. The Labute approximate surface area is 116 Å². The number of fused-ring (bicyclic) bond motifs is 1. The van der Waals surface area contributed by atoms with Gasteiger partial charge in [0, 0.05) is 5.02 Å². The molecule has 1 unspecified atom stereocenters. The lowest BCUT2D eigenvalue weighted by molar-refractivity contribution is 0.414. The van der Waals surface area contributed by atoms with Gasteiger partial charge in [-0.05, 0) is 41.8 Å². The molecule has 0 bridgehead atoms. The number of ether oxygens (including phenoxy) is 1. The van der Waals surface area contributed by atoms with Crippen LogP contribution in [-0.2, 0) is 6.42 Å². The van der Waals surface area contributed by atoms with Gasteiger partial charge in [-0.3, -0.25) is 0 Å². The van der Waals surface area contributed by atoms with Crippen LogP contribution in [0, 0.1) is 5.82 Å². The first-order valence-electron chi connectivity index (χ1n) is 6.06. The van der Waals surface area contributed by atoms with Crippen LogP contribution in [0.2, 0.25) is 5.02 Å². The third kappa shape index (κ3) is 2.26. The highest BCUT2D eigenvalue weighted by Crippen LogP contribution is 2.38. The number of anilines is 1. The van der Waals surface area contributed by atoms with Crippen molar-refractivity contribution in [2.24, 2.45) is 0 Å². The van der Waals surface area contributed by atoms with E-state index in [0.29, 0.717) is 10.7 Å². The largest absolute Gasteiger partial charge is 0.497 e. The number of nitrogens with one attached hydrogen (secondary N) is 1. The summed E-state index contributed by atoms with van der Waals surface area (Å²) in [5.74, 6) is 0.502. The summed E-state index contributed by atoms with van der Waals surface area (Å²) in [5, 5.41) is 3.64. The van der Waals surface area contributed by atoms with Crippen LogP contribution < -0.4 is 10.1 Å². The molecule has 3 rings (SSSR count). The van der Waals surface area contributed by atoms with Crippen molar-refractivity contribution in [2.45, 2.75) is 12.5 Å². The molecule has 0 saturated carbocycles. The molecule has 2 aromatic carbocycles. The van der Waals surface area contributed by atoms with Gasteiger partial charge >= 0.3 is 0 Å². The lowest BCUT2D eigenvalue weighted by Gasteiger charge is -2.12. The van der Waals surface area contributed by atoms with Crippen molar-refractivity contribution in [3.8, 4) is 5.75 Å². The maximum absolute atomic E-state index is 13.8. The first kappa shape index (κ1) is 12.3. The maximum atomic E-state index is 13.8. The number of hydrogen-bond acceptors (Lipinski definition) is 2. The van der Waals surface area contributed by atoms with E-state index in [1.54, 1.807) is 7.11 Å². The monoisotopic (exact) mass is 277 g/mol. The fourth-order valence-electron chi connectivity index (χ4n) is 2.45. The molecule has 1 aliphatic rings. The van der Waals surface area contributed by atoms with E-state index in [1.165, 1.54) is 6.07 Å². The third-order valence-corrected chi connectivity index (χ3v) is 3.59. The molecule has 0 fully saturated rings. The highest BCUT2D eigenvalue weighted by atomic mass is 35.5. The minimum atomic E-state index is -0.298. The molecule has 0 amide bonds. The van der Waals surface area contributed by atoms with E-state index >= 15 is 0 Å². The number of halogens is 2. The van der Waals surface area contributed by atoms with E-state index in [4.69, 9.17) is 16.3 Å². The van der Waals surface area contributed by atoms with Crippen LogP contribution in [0.15, 0.2) is 36.4 Å². The average Bonchev–Trinajstić information content (AvgIpc) is 2.83. The quantitative estimate of drug-likeness (QED) is 0.888. The summed E-state index contributed by atoms with van der Waals surface area (Å²) < 4.78 is 19.0. The van der Waals surface area contributed by atoms with E-state index < -0.39 is 0 Å². The SMILES string of the molecule is COc1cccc(C2Cc3cc(Cl)cc(F)c3N2)c1. The van der Waals surface area contributed by atoms with Crippen molar-refractivity contribution in [1.29, 1.82) is 0 Å². The fraction of sp³-hybridized carbons (Fsp3) is 0.200. The highest BCUT2D eigenvalue weighted by Gasteiger charge is 2.25. The van der Waals surface area contributed by atoms with Crippen LogP contribution in [0.25, 0.3) is 0 Å². The second kappa shape index (κ2) is 4.74. The zero-order valence-electron chi connectivity index (χ0n) is 10.4. The van der Waals surface area contributed by atoms with Crippen LogP contribution in [0.5, 0.6) is 5.75 Å². The number of methoxy groups -OCH3 is 1. The number of hydrogen-bond donors (Lipinski definition) is 1. The van der Waals surface area contributed by atoms with Crippen molar-refractivity contribution in [3.05, 3.63) is 58.4 Å². The first-order valence-corrected chi connectivity index (χ1v) is 6.43. The van der Waals surface area contributed by atoms with Crippen LogP contribution in [0.4, 0.5) is 10.1 Å². The Hall–Kier alpha value is -1.74. The normalized spacial score (nSPS) is 16.9. The van der Waals surface area contributed by atoms with E-state index in [9.17, 15) is 4.39 Å². The van der Waals surface area contributed by atoms with Crippen molar-refractivity contribution < 1.29 is 9.13 Å². The average molecular weight is 278 g/mol. The van der Waals surface area contributed by atoms with E-state index in [2.05, 4.69) is 5.32 Å². The first-order chi connectivity index (χ1) is 9.17. The van der Waals surface area contributed by atoms with Crippen molar-refractivity contribution in [3.63, 3.8) is 0 Å². The standard InChI is InChI=1S/C15H13ClFNO/c1-19-12-4-2-3-9(6-12)14-7-10-5-11(16)8-13(17)15(10)18-14/h2-6,8,14,18H,7H2,1H3. The van der Waals surface area contributed by atoms with Gasteiger partial charge in [0.05, 0.1) is 18.8 Å². The molecule has 1 atom stereocenters. The van der Waals surface area contributed by atoms with Crippen LogP contribution in [-0.4, -0.2) is 7.11 Å². The molecule has 2 nitrogen and oxygen atoms in total. The molecule has 19 heavy (non-hydrogen) atoms. The lowest BCUT2D eigenvalue weighted by Crippen LogP contribution is -2.06. The predicted octanol–water partition coefficient (Wildman–Crippen LogP) is 4.20. The molecule has 1 N–H and O–H groups in total. The summed E-state index contributed by atoms with van der Waals surface area (Å²) in [4.78, 5) is 0. The third-order valence-electron chi connectivity index (χ3n) is 3.38. The number of rotatable bonds is 2. The van der Waals surface area contributed by atoms with Crippen LogP contribution >= 0.6 is 11.6 Å². The van der Waals surface area contributed by atoms with Gasteiger partial charge in [-0.25, -0.2) is 4.39 Å². The number of benzene rings is 2. The summed E-state index contributed by atoms with van der Waals surface area (Å²) in [6.07, 6.45) is 0.722. The summed E-state index contributed by atoms with van der Waals surface area (Å²) in [5.41, 5.74) is 2.54.